The normalized spacial score (nSPS) is 21.0. The van der Waals surface area contributed by atoms with E-state index in [1.165, 1.54) is 34.5 Å². The fourth-order valence-electron chi connectivity index (χ4n) is 2.30. The van der Waals surface area contributed by atoms with E-state index in [-0.39, 0.29) is 11.7 Å². The Morgan fingerprint density at radius 2 is 2.25 bits per heavy atom. The molecule has 1 aliphatic heterocycles. The quantitative estimate of drug-likeness (QED) is 0.683. The third-order valence-electron chi connectivity index (χ3n) is 3.40. The Balaban J connectivity index is 1.95. The van der Waals surface area contributed by atoms with Crippen LogP contribution in [0.4, 0.5) is 10.1 Å². The summed E-state index contributed by atoms with van der Waals surface area (Å²) in [7, 11) is -3.12. The molecule has 1 fully saturated rings. The van der Waals surface area contributed by atoms with Gasteiger partial charge < -0.3 is 5.73 Å². The first-order valence-corrected chi connectivity index (χ1v) is 9.32. The minimum Gasteiger partial charge on any atom is -0.398 e. The molecule has 112 valence electrons. The maximum absolute atomic E-state index is 13.2. The topological polar surface area (TPSA) is 63.4 Å². The molecule has 0 saturated carbocycles. The molecule has 1 unspecified atom stereocenters. The molecule has 1 atom stereocenters. The zero-order chi connectivity index (χ0) is 14.8. The van der Waals surface area contributed by atoms with E-state index in [2.05, 4.69) is 0 Å². The van der Waals surface area contributed by atoms with Gasteiger partial charge in [-0.25, -0.2) is 17.1 Å². The highest BCUT2D eigenvalue weighted by atomic mass is 32.2. The number of sulfonamides is 1. The standard InChI is InChI=1S/C13H19FN2O2S2/c1-20(17,18)16-6-2-3-10(8-16)9-19-13-7-11(14)4-5-12(13)15/h4-5,7,10H,2-3,6,8-9,15H2,1H3. The van der Waals surface area contributed by atoms with E-state index in [0.717, 1.165) is 23.5 Å². The average Bonchev–Trinajstić information content (AvgIpc) is 2.39. The zero-order valence-corrected chi connectivity index (χ0v) is 13.0. The summed E-state index contributed by atoms with van der Waals surface area (Å²) in [5, 5.41) is 0. The minimum atomic E-state index is -3.12. The minimum absolute atomic E-state index is 0.283. The number of nitrogens with zero attached hydrogens (tertiary/aromatic N) is 1. The van der Waals surface area contributed by atoms with Crippen molar-refractivity contribution in [3.8, 4) is 0 Å². The molecule has 0 aliphatic carbocycles. The van der Waals surface area contributed by atoms with E-state index in [1.54, 1.807) is 6.07 Å². The number of thioether (sulfide) groups is 1. The van der Waals surface area contributed by atoms with E-state index in [4.69, 9.17) is 5.73 Å². The number of hydrogen-bond donors (Lipinski definition) is 1. The average molecular weight is 318 g/mol. The van der Waals surface area contributed by atoms with E-state index in [1.807, 2.05) is 0 Å². The van der Waals surface area contributed by atoms with Crippen molar-refractivity contribution in [1.82, 2.24) is 4.31 Å². The Morgan fingerprint density at radius 1 is 1.50 bits per heavy atom. The second-order valence-electron chi connectivity index (χ2n) is 5.12. The van der Waals surface area contributed by atoms with Gasteiger partial charge in [0.1, 0.15) is 5.82 Å². The molecule has 2 N–H and O–H groups in total. The van der Waals surface area contributed by atoms with Gasteiger partial charge in [-0.15, -0.1) is 11.8 Å². The maximum Gasteiger partial charge on any atom is 0.211 e. The molecule has 20 heavy (non-hydrogen) atoms. The van der Waals surface area contributed by atoms with Crippen molar-refractivity contribution >= 4 is 27.5 Å². The van der Waals surface area contributed by atoms with Crippen LogP contribution in [0.15, 0.2) is 23.1 Å². The largest absolute Gasteiger partial charge is 0.398 e. The number of anilines is 1. The van der Waals surface area contributed by atoms with Crippen LogP contribution in [0, 0.1) is 11.7 Å². The number of benzene rings is 1. The van der Waals surface area contributed by atoms with Gasteiger partial charge in [0.15, 0.2) is 0 Å². The van der Waals surface area contributed by atoms with Crippen LogP contribution < -0.4 is 5.73 Å². The lowest BCUT2D eigenvalue weighted by Crippen LogP contribution is -2.39. The summed E-state index contributed by atoms with van der Waals surface area (Å²) >= 11 is 1.49. The molecule has 2 rings (SSSR count). The SMILES string of the molecule is CS(=O)(=O)N1CCCC(CSc2cc(F)ccc2N)C1. The monoisotopic (exact) mass is 318 g/mol. The highest BCUT2D eigenvalue weighted by Crippen LogP contribution is 2.30. The molecule has 0 bridgehead atoms. The zero-order valence-electron chi connectivity index (χ0n) is 11.4. The molecular formula is C13H19FN2O2S2. The van der Waals surface area contributed by atoms with E-state index in [9.17, 15) is 12.8 Å². The Bertz CT molecular complexity index is 578. The van der Waals surface area contributed by atoms with Crippen LogP contribution in [0.25, 0.3) is 0 Å². The van der Waals surface area contributed by atoms with Crippen LogP contribution in [0.5, 0.6) is 0 Å². The molecule has 1 saturated heterocycles. The Labute approximate surface area is 123 Å². The van der Waals surface area contributed by atoms with Crippen LogP contribution in [0.3, 0.4) is 0 Å². The highest BCUT2D eigenvalue weighted by Gasteiger charge is 2.25. The van der Waals surface area contributed by atoms with Gasteiger partial charge in [-0.3, -0.25) is 0 Å². The van der Waals surface area contributed by atoms with Gasteiger partial charge in [-0.05, 0) is 37.0 Å². The van der Waals surface area contributed by atoms with Crippen LogP contribution in [0.2, 0.25) is 0 Å². The first kappa shape index (κ1) is 15.6. The number of nitrogen functional groups attached to an aromatic ring is 1. The third-order valence-corrected chi connectivity index (χ3v) is 5.97. The van der Waals surface area contributed by atoms with Gasteiger partial charge in [0.2, 0.25) is 10.0 Å². The van der Waals surface area contributed by atoms with Gasteiger partial charge in [0.05, 0.1) is 6.26 Å². The van der Waals surface area contributed by atoms with E-state index in [0.29, 0.717) is 18.8 Å². The van der Waals surface area contributed by atoms with Crippen LogP contribution >= 0.6 is 11.8 Å². The molecule has 4 nitrogen and oxygen atoms in total. The molecule has 1 aliphatic rings. The number of rotatable bonds is 4. The van der Waals surface area contributed by atoms with Crippen molar-refractivity contribution < 1.29 is 12.8 Å². The molecule has 0 amide bonds. The van der Waals surface area contributed by atoms with Crippen LogP contribution in [0.1, 0.15) is 12.8 Å². The lowest BCUT2D eigenvalue weighted by molar-refractivity contribution is 0.286. The van der Waals surface area contributed by atoms with Crippen molar-refractivity contribution in [1.29, 1.82) is 0 Å². The molecule has 1 aromatic carbocycles. The molecule has 0 spiro atoms. The van der Waals surface area contributed by atoms with Crippen LogP contribution in [-0.2, 0) is 10.0 Å². The molecule has 0 radical (unpaired) electrons. The lowest BCUT2D eigenvalue weighted by Gasteiger charge is -2.30. The van der Waals surface area contributed by atoms with Gasteiger partial charge in [-0.1, -0.05) is 0 Å². The van der Waals surface area contributed by atoms with E-state index < -0.39 is 10.0 Å². The summed E-state index contributed by atoms with van der Waals surface area (Å²) in [4.78, 5) is 0.724. The molecule has 0 aromatic heterocycles. The summed E-state index contributed by atoms with van der Waals surface area (Å²) in [6.45, 7) is 1.14. The smallest absolute Gasteiger partial charge is 0.211 e. The summed E-state index contributed by atoms with van der Waals surface area (Å²) < 4.78 is 37.8. The fraction of sp³-hybridized carbons (Fsp3) is 0.538. The Kier molecular flexibility index (Phi) is 4.93. The van der Waals surface area contributed by atoms with E-state index >= 15 is 0 Å². The maximum atomic E-state index is 13.2. The van der Waals surface area contributed by atoms with Gasteiger partial charge in [0.25, 0.3) is 0 Å². The Morgan fingerprint density at radius 3 is 2.95 bits per heavy atom. The predicted octanol–water partition coefficient (Wildman–Crippen LogP) is 2.17. The first-order chi connectivity index (χ1) is 9.36. The lowest BCUT2D eigenvalue weighted by atomic mass is 10.0. The van der Waals surface area contributed by atoms with Crippen LogP contribution in [-0.4, -0.2) is 37.8 Å². The molecular weight excluding hydrogens is 299 g/mol. The number of piperidine rings is 1. The highest BCUT2D eigenvalue weighted by molar-refractivity contribution is 7.99. The first-order valence-electron chi connectivity index (χ1n) is 6.49. The Hall–Kier alpha value is -0.790. The van der Waals surface area contributed by atoms with Crippen molar-refractivity contribution in [2.75, 3.05) is 30.8 Å². The second kappa shape index (κ2) is 6.32. The summed E-state index contributed by atoms with van der Waals surface area (Å²) in [6.07, 6.45) is 3.11. The number of halogens is 1. The van der Waals surface area contributed by atoms with Crippen molar-refractivity contribution in [2.24, 2.45) is 5.92 Å². The summed E-state index contributed by atoms with van der Waals surface area (Å²) in [5.74, 6) is 0.730. The number of nitrogens with two attached hydrogens (primary N) is 1. The van der Waals surface area contributed by atoms with Gasteiger partial charge in [-0.2, -0.15) is 0 Å². The van der Waals surface area contributed by atoms with Gasteiger partial charge >= 0.3 is 0 Å². The van der Waals surface area contributed by atoms with Crippen molar-refractivity contribution in [3.63, 3.8) is 0 Å². The summed E-state index contributed by atoms with van der Waals surface area (Å²) in [6, 6.07) is 4.32. The molecule has 1 heterocycles. The summed E-state index contributed by atoms with van der Waals surface area (Å²) in [5.41, 5.74) is 6.37. The third kappa shape index (κ3) is 4.10. The second-order valence-corrected chi connectivity index (χ2v) is 8.17. The van der Waals surface area contributed by atoms with Gasteiger partial charge in [0, 0.05) is 29.4 Å². The molecule has 1 aromatic rings. The number of hydrogen-bond acceptors (Lipinski definition) is 4. The fourth-order valence-corrected chi connectivity index (χ4v) is 4.37. The predicted molar refractivity (Wildman–Crippen MR) is 80.7 cm³/mol. The van der Waals surface area contributed by atoms with Crippen molar-refractivity contribution in [2.45, 2.75) is 17.7 Å². The molecule has 7 heteroatoms. The van der Waals surface area contributed by atoms with Crippen molar-refractivity contribution in [3.05, 3.63) is 24.0 Å².